The summed E-state index contributed by atoms with van der Waals surface area (Å²) in [5.74, 6) is -0.659. The Balaban J connectivity index is 2.33. The van der Waals surface area contributed by atoms with Crippen LogP contribution in [0.1, 0.15) is 17.3 Å². The van der Waals surface area contributed by atoms with Gasteiger partial charge in [-0.25, -0.2) is 9.59 Å². The van der Waals surface area contributed by atoms with Gasteiger partial charge in [0.2, 0.25) is 0 Å². The van der Waals surface area contributed by atoms with Gasteiger partial charge in [-0.15, -0.1) is 0 Å². The largest absolute Gasteiger partial charge is 0.490 e. The molecule has 1 aromatic heterocycles. The Kier molecular flexibility index (Phi) is 5.68. The molecule has 2 aromatic carbocycles. The highest BCUT2D eigenvalue weighted by Crippen LogP contribution is 2.34. The maximum atomic E-state index is 12.7. The van der Waals surface area contributed by atoms with E-state index in [0.29, 0.717) is 5.56 Å². The lowest BCUT2D eigenvalue weighted by Gasteiger charge is -2.13. The van der Waals surface area contributed by atoms with Crippen molar-refractivity contribution in [2.45, 2.75) is 6.92 Å². The predicted octanol–water partition coefficient (Wildman–Crippen LogP) is 3.20. The van der Waals surface area contributed by atoms with Crippen LogP contribution < -0.4 is 10.4 Å². The molecule has 0 saturated heterocycles. The zero-order valence-electron chi connectivity index (χ0n) is 15.7. The number of nitrogens with zero attached hydrogens (tertiary/aromatic N) is 2. The third-order valence-electron chi connectivity index (χ3n) is 4.12. The highest BCUT2D eigenvalue weighted by molar-refractivity contribution is 6.02. The van der Waals surface area contributed by atoms with Gasteiger partial charge in [-0.1, -0.05) is 30.3 Å². The Morgan fingerprint density at radius 3 is 2.52 bits per heavy atom. The van der Waals surface area contributed by atoms with Crippen LogP contribution in [0.5, 0.6) is 5.75 Å². The minimum Gasteiger partial charge on any atom is -0.490 e. The average Bonchev–Trinajstić information content (AvgIpc) is 2.73. The molecule has 148 valence electrons. The van der Waals surface area contributed by atoms with Crippen LogP contribution >= 0.6 is 0 Å². The number of nitro groups is 1. The molecule has 3 rings (SSSR count). The van der Waals surface area contributed by atoms with Crippen molar-refractivity contribution < 1.29 is 19.2 Å². The number of esters is 1. The molecule has 0 saturated carbocycles. The highest BCUT2D eigenvalue weighted by Gasteiger charge is 2.25. The number of benzene rings is 2. The molecular formula is C20H17N3O6. The smallest absolute Gasteiger partial charge is 0.346 e. The molecule has 0 fully saturated rings. The molecule has 0 unspecified atom stereocenters. The minimum atomic E-state index is -0.705. The van der Waals surface area contributed by atoms with Crippen LogP contribution in [-0.2, 0) is 4.74 Å². The van der Waals surface area contributed by atoms with Crippen LogP contribution in [-0.4, -0.2) is 34.6 Å². The number of nitro benzene ring substituents is 1. The van der Waals surface area contributed by atoms with E-state index in [-0.39, 0.29) is 40.6 Å². The second-order valence-electron chi connectivity index (χ2n) is 5.87. The fraction of sp³-hybridized carbons (Fsp3) is 0.150. The van der Waals surface area contributed by atoms with E-state index in [0.717, 1.165) is 0 Å². The molecule has 0 bridgehead atoms. The summed E-state index contributed by atoms with van der Waals surface area (Å²) in [6.45, 7) is 1.76. The number of carbonyl (C=O) groups excluding carboxylic acids is 1. The number of carbonyl (C=O) groups is 1. The predicted molar refractivity (Wildman–Crippen MR) is 105 cm³/mol. The molecule has 0 spiro atoms. The topological polar surface area (TPSA) is 124 Å². The summed E-state index contributed by atoms with van der Waals surface area (Å²) in [7, 11) is 1.31. The van der Waals surface area contributed by atoms with Crippen molar-refractivity contribution in [1.82, 2.24) is 9.97 Å². The van der Waals surface area contributed by atoms with E-state index in [1.165, 1.54) is 25.3 Å². The first kappa shape index (κ1) is 19.7. The average molecular weight is 395 g/mol. The van der Waals surface area contributed by atoms with Crippen molar-refractivity contribution in [3.8, 4) is 28.3 Å². The molecule has 0 amide bonds. The van der Waals surface area contributed by atoms with Crippen LogP contribution in [0.2, 0.25) is 0 Å². The molecule has 0 aliphatic heterocycles. The van der Waals surface area contributed by atoms with Crippen LogP contribution in [0.3, 0.4) is 0 Å². The van der Waals surface area contributed by atoms with Gasteiger partial charge >= 0.3 is 17.3 Å². The number of aromatic nitrogens is 2. The van der Waals surface area contributed by atoms with Gasteiger partial charge in [-0.2, -0.15) is 4.98 Å². The second kappa shape index (κ2) is 8.34. The fourth-order valence-electron chi connectivity index (χ4n) is 2.89. The van der Waals surface area contributed by atoms with Crippen molar-refractivity contribution in [2.24, 2.45) is 0 Å². The summed E-state index contributed by atoms with van der Waals surface area (Å²) in [5.41, 5.74) is -0.0249. The van der Waals surface area contributed by atoms with Crippen LogP contribution in [0.15, 0.2) is 53.3 Å². The van der Waals surface area contributed by atoms with Gasteiger partial charge in [-0.05, 0) is 24.6 Å². The summed E-state index contributed by atoms with van der Waals surface area (Å²) >= 11 is 0. The minimum absolute atomic E-state index is 0.0112. The zero-order chi connectivity index (χ0) is 21.0. The summed E-state index contributed by atoms with van der Waals surface area (Å²) in [4.78, 5) is 42.3. The summed E-state index contributed by atoms with van der Waals surface area (Å²) in [6.07, 6.45) is 0. The number of methoxy groups -OCH3 is 1. The number of hydrogen-bond donors (Lipinski definition) is 1. The molecule has 3 aromatic rings. The lowest BCUT2D eigenvalue weighted by molar-refractivity contribution is -0.385. The molecule has 1 N–H and O–H groups in total. The Labute approximate surface area is 165 Å². The molecule has 1 heterocycles. The molecule has 0 radical (unpaired) electrons. The van der Waals surface area contributed by atoms with E-state index in [1.807, 2.05) is 0 Å². The number of rotatable bonds is 6. The van der Waals surface area contributed by atoms with Crippen LogP contribution in [0.4, 0.5) is 5.69 Å². The van der Waals surface area contributed by atoms with Gasteiger partial charge in [-0.3, -0.25) is 10.1 Å². The number of H-pyrrole nitrogens is 1. The number of aromatic amines is 1. The first-order valence-electron chi connectivity index (χ1n) is 8.66. The third-order valence-corrected chi connectivity index (χ3v) is 4.12. The molecular weight excluding hydrogens is 378 g/mol. The van der Waals surface area contributed by atoms with Crippen LogP contribution in [0, 0.1) is 10.1 Å². The normalized spacial score (nSPS) is 10.4. The first-order valence-corrected chi connectivity index (χ1v) is 8.66. The Bertz CT molecular complexity index is 1120. The van der Waals surface area contributed by atoms with Crippen molar-refractivity contribution in [3.05, 3.63) is 74.7 Å². The van der Waals surface area contributed by atoms with E-state index < -0.39 is 16.6 Å². The van der Waals surface area contributed by atoms with Crippen molar-refractivity contribution in [3.63, 3.8) is 0 Å². The van der Waals surface area contributed by atoms with Gasteiger partial charge in [0, 0.05) is 11.6 Å². The lowest BCUT2D eigenvalue weighted by atomic mass is 9.99. The van der Waals surface area contributed by atoms with Crippen molar-refractivity contribution in [2.75, 3.05) is 13.7 Å². The van der Waals surface area contributed by atoms with E-state index in [2.05, 4.69) is 9.97 Å². The maximum Gasteiger partial charge on any atom is 0.346 e. The van der Waals surface area contributed by atoms with Gasteiger partial charge in [0.1, 0.15) is 5.56 Å². The molecule has 29 heavy (non-hydrogen) atoms. The number of hydrogen-bond acceptors (Lipinski definition) is 7. The molecule has 0 aliphatic rings. The number of nitrogens with one attached hydrogen (secondary N) is 1. The SMILES string of the molecule is CCOC(=O)c1c(-c2ccc(OC)c([N+](=O)[O-])c2)nc(=O)[nH]c1-c1ccccc1. The molecule has 9 heteroatoms. The van der Waals surface area contributed by atoms with E-state index in [1.54, 1.807) is 37.3 Å². The van der Waals surface area contributed by atoms with Gasteiger partial charge in [0.15, 0.2) is 5.75 Å². The van der Waals surface area contributed by atoms with E-state index in [9.17, 15) is 19.7 Å². The molecule has 0 aliphatic carbocycles. The Morgan fingerprint density at radius 1 is 1.17 bits per heavy atom. The fourth-order valence-corrected chi connectivity index (χ4v) is 2.89. The number of ether oxygens (including phenoxy) is 2. The Morgan fingerprint density at radius 2 is 1.90 bits per heavy atom. The monoisotopic (exact) mass is 395 g/mol. The van der Waals surface area contributed by atoms with Gasteiger partial charge < -0.3 is 14.5 Å². The Hall–Kier alpha value is -4.01. The van der Waals surface area contributed by atoms with Crippen LogP contribution in [0.25, 0.3) is 22.5 Å². The lowest BCUT2D eigenvalue weighted by Crippen LogP contribution is -2.19. The summed E-state index contributed by atoms with van der Waals surface area (Å²) in [6, 6.07) is 12.8. The quantitative estimate of drug-likeness (QED) is 0.386. The first-order chi connectivity index (χ1) is 14.0. The maximum absolute atomic E-state index is 12.7. The standard InChI is InChI=1S/C20H17N3O6/c1-3-29-19(24)16-17(12-7-5-4-6-8-12)21-20(25)22-18(16)13-9-10-15(28-2)14(11-13)23(26)27/h4-11H,3H2,1-2H3,(H,21,22,25). The van der Waals surface area contributed by atoms with Gasteiger partial charge in [0.25, 0.3) is 0 Å². The highest BCUT2D eigenvalue weighted by atomic mass is 16.6. The zero-order valence-corrected chi connectivity index (χ0v) is 15.7. The van der Waals surface area contributed by atoms with Gasteiger partial charge in [0.05, 0.1) is 30.0 Å². The molecule has 0 atom stereocenters. The summed E-state index contributed by atoms with van der Waals surface area (Å²) < 4.78 is 10.2. The van der Waals surface area contributed by atoms with E-state index in [4.69, 9.17) is 9.47 Å². The second-order valence-corrected chi connectivity index (χ2v) is 5.87. The van der Waals surface area contributed by atoms with Crippen molar-refractivity contribution in [1.29, 1.82) is 0 Å². The third kappa shape index (κ3) is 3.98. The van der Waals surface area contributed by atoms with Crippen molar-refractivity contribution >= 4 is 11.7 Å². The molecule has 9 nitrogen and oxygen atoms in total. The van der Waals surface area contributed by atoms with E-state index >= 15 is 0 Å². The summed E-state index contributed by atoms with van der Waals surface area (Å²) in [5, 5.41) is 11.4.